The molecule has 0 saturated carbocycles. The van der Waals surface area contributed by atoms with Gasteiger partial charge in [0.05, 0.1) is 6.21 Å². The minimum Gasteiger partial charge on any atom is -0.266 e. The molecule has 0 aliphatic rings. The second kappa shape index (κ2) is 9.54. The van der Waals surface area contributed by atoms with Gasteiger partial charge in [0.2, 0.25) is 0 Å². The Labute approximate surface area is 198 Å². The Balaban J connectivity index is 2.10. The molecule has 0 bridgehead atoms. The van der Waals surface area contributed by atoms with Gasteiger partial charge in [0, 0.05) is 36.3 Å². The van der Waals surface area contributed by atoms with Gasteiger partial charge in [-0.05, 0) is 36.4 Å². The fraction of sp³-hybridized carbons (Fsp3) is 0.111. The Morgan fingerprint density at radius 3 is 2.21 bits per heavy atom. The van der Waals surface area contributed by atoms with E-state index in [1.54, 1.807) is 0 Å². The fourth-order valence-corrected chi connectivity index (χ4v) is 4.28. The molecule has 3 aromatic rings. The van der Waals surface area contributed by atoms with Gasteiger partial charge in [0.15, 0.2) is 0 Å². The van der Waals surface area contributed by atoms with Crippen molar-refractivity contribution in [3.05, 3.63) is 76.6 Å². The number of hydrogen-bond donors (Lipinski definition) is 0. The van der Waals surface area contributed by atoms with Crippen molar-refractivity contribution in [2.75, 3.05) is 14.1 Å². The van der Waals surface area contributed by atoms with Gasteiger partial charge >= 0.3 is 20.2 Å². The van der Waals surface area contributed by atoms with Crippen LogP contribution in [0.15, 0.2) is 59.0 Å². The zero-order valence-electron chi connectivity index (χ0n) is 17.4. The third-order valence-electron chi connectivity index (χ3n) is 4.07. The summed E-state index contributed by atoms with van der Waals surface area (Å²) in [5, 5.41) is 6.23. The number of aromatic nitrogens is 3. The first-order chi connectivity index (χ1) is 15.8. The van der Waals surface area contributed by atoms with Gasteiger partial charge in [0.1, 0.15) is 18.0 Å². The largest absolute Gasteiger partial charge is 0.323 e. The van der Waals surface area contributed by atoms with Gasteiger partial charge in [-0.15, -0.1) is 13.6 Å². The van der Waals surface area contributed by atoms with Gasteiger partial charge in [-0.3, -0.25) is 4.79 Å². The summed E-state index contributed by atoms with van der Waals surface area (Å²) in [7, 11) is -6.82. The van der Waals surface area contributed by atoms with Crippen LogP contribution in [0.5, 0.6) is 0 Å². The molecule has 2 aromatic carbocycles. The average molecular weight is 533 g/mol. The van der Waals surface area contributed by atoms with Crippen LogP contribution in [0.25, 0.3) is 0 Å². The van der Waals surface area contributed by atoms with E-state index in [2.05, 4.69) is 15.2 Å². The molecule has 0 fully saturated rings. The van der Waals surface area contributed by atoms with Crippen molar-refractivity contribution in [2.24, 2.45) is 5.10 Å². The summed E-state index contributed by atoms with van der Waals surface area (Å²) in [6.45, 7) is 0. The second-order valence-corrected chi connectivity index (χ2v) is 10.8. The zero-order chi connectivity index (χ0) is 25.3. The Bertz CT molecular complexity index is 1450. The summed E-state index contributed by atoms with van der Waals surface area (Å²) in [6, 6.07) is 7.36. The number of rotatable bonds is 7. The van der Waals surface area contributed by atoms with Crippen molar-refractivity contribution in [1.82, 2.24) is 22.9 Å². The molecular weight excluding hydrogens is 518 g/mol. The SMILES string of the molecule is CN(C)S(=O)(=O)n1cnc(S(=O)(=O)N(/N=C/c2cc(F)cc(F)c2)C(=O)c2ccc(Cl)cc2)n1. The van der Waals surface area contributed by atoms with Crippen molar-refractivity contribution < 1.29 is 30.4 Å². The number of nitrogens with zero attached hydrogens (tertiary/aromatic N) is 6. The van der Waals surface area contributed by atoms with E-state index in [-0.39, 0.29) is 24.7 Å². The Morgan fingerprint density at radius 1 is 1.06 bits per heavy atom. The molecule has 16 heteroatoms. The van der Waals surface area contributed by atoms with E-state index >= 15 is 0 Å². The number of hydrogen-bond acceptors (Lipinski definition) is 8. The molecule has 1 amide bonds. The summed E-state index contributed by atoms with van der Waals surface area (Å²) in [5.41, 5.74) is -0.369. The normalized spacial score (nSPS) is 12.4. The van der Waals surface area contributed by atoms with E-state index in [1.807, 2.05) is 0 Å². The molecular formula is C18H15ClF2N6O5S2. The maximum absolute atomic E-state index is 13.5. The maximum Gasteiger partial charge on any atom is 0.323 e. The molecule has 0 saturated heterocycles. The summed E-state index contributed by atoms with van der Waals surface area (Å²) in [6.07, 6.45) is 1.35. The Morgan fingerprint density at radius 2 is 1.65 bits per heavy atom. The standard InChI is InChI=1S/C18H15ClF2N6O5S2/c1-25(2)34(31,32)26-11-22-18(24-26)33(29,30)27(17(28)13-3-5-14(19)6-4-13)23-10-12-7-15(20)9-16(21)8-12/h3-11H,1-2H3/b23-10+. The zero-order valence-corrected chi connectivity index (χ0v) is 19.8. The molecule has 34 heavy (non-hydrogen) atoms. The quantitative estimate of drug-likeness (QED) is 0.334. The summed E-state index contributed by atoms with van der Waals surface area (Å²) in [4.78, 5) is 16.5. The van der Waals surface area contributed by atoms with Crippen molar-refractivity contribution in [1.29, 1.82) is 0 Å². The fourth-order valence-electron chi connectivity index (χ4n) is 2.40. The van der Waals surface area contributed by atoms with Crippen LogP contribution >= 0.6 is 11.6 Å². The number of amides is 1. The van der Waals surface area contributed by atoms with Crippen molar-refractivity contribution >= 4 is 44.0 Å². The third kappa shape index (κ3) is 5.27. The lowest BCUT2D eigenvalue weighted by molar-refractivity contribution is 0.0864. The average Bonchev–Trinajstić information content (AvgIpc) is 3.25. The molecule has 1 aromatic heterocycles. The van der Waals surface area contributed by atoms with Crippen molar-refractivity contribution in [3.8, 4) is 0 Å². The first-order valence-electron chi connectivity index (χ1n) is 9.02. The van der Waals surface area contributed by atoms with Gasteiger partial charge in [-0.1, -0.05) is 11.6 Å². The molecule has 11 nitrogen and oxygen atoms in total. The summed E-state index contributed by atoms with van der Waals surface area (Å²) < 4.78 is 78.7. The molecule has 0 spiro atoms. The van der Waals surface area contributed by atoms with Crippen molar-refractivity contribution in [2.45, 2.75) is 5.16 Å². The highest BCUT2D eigenvalue weighted by Gasteiger charge is 2.35. The lowest BCUT2D eigenvalue weighted by Gasteiger charge is -2.15. The monoisotopic (exact) mass is 532 g/mol. The second-order valence-electron chi connectivity index (χ2n) is 6.70. The van der Waals surface area contributed by atoms with Crippen molar-refractivity contribution in [3.63, 3.8) is 0 Å². The van der Waals surface area contributed by atoms with Crippen LogP contribution in [0.4, 0.5) is 8.78 Å². The van der Waals surface area contributed by atoms with Crippen LogP contribution in [0, 0.1) is 11.6 Å². The maximum atomic E-state index is 13.5. The van der Waals surface area contributed by atoms with Gasteiger partial charge in [-0.25, -0.2) is 13.8 Å². The van der Waals surface area contributed by atoms with Gasteiger partial charge < -0.3 is 0 Å². The van der Waals surface area contributed by atoms with E-state index in [0.717, 1.165) is 22.7 Å². The Hall–Kier alpha value is -3.27. The van der Waals surface area contributed by atoms with E-state index < -0.39 is 42.9 Å². The molecule has 0 atom stereocenters. The number of benzene rings is 2. The molecule has 3 rings (SSSR count). The Kier molecular flexibility index (Phi) is 7.11. The van der Waals surface area contributed by atoms with E-state index in [9.17, 15) is 30.4 Å². The van der Waals surface area contributed by atoms with E-state index in [4.69, 9.17) is 11.6 Å². The van der Waals surface area contributed by atoms with Crippen LogP contribution in [-0.2, 0) is 20.2 Å². The highest BCUT2D eigenvalue weighted by atomic mass is 35.5. The molecule has 0 N–H and O–H groups in total. The van der Waals surface area contributed by atoms with Gasteiger partial charge in [-0.2, -0.15) is 26.2 Å². The first-order valence-corrected chi connectivity index (χ1v) is 12.2. The first kappa shape index (κ1) is 25.4. The van der Waals surface area contributed by atoms with E-state index in [0.29, 0.717) is 12.4 Å². The molecule has 0 aliphatic heterocycles. The summed E-state index contributed by atoms with van der Waals surface area (Å²) >= 11 is 5.80. The predicted molar refractivity (Wildman–Crippen MR) is 117 cm³/mol. The van der Waals surface area contributed by atoms with Crippen LogP contribution in [0.3, 0.4) is 0 Å². The lowest BCUT2D eigenvalue weighted by atomic mass is 10.2. The molecule has 1 heterocycles. The highest BCUT2D eigenvalue weighted by Crippen LogP contribution is 2.19. The van der Waals surface area contributed by atoms with Crippen LogP contribution in [-0.4, -0.2) is 65.9 Å². The van der Waals surface area contributed by atoms with Crippen LogP contribution < -0.4 is 0 Å². The van der Waals surface area contributed by atoms with Gasteiger partial charge in [0.25, 0.3) is 11.1 Å². The smallest absolute Gasteiger partial charge is 0.266 e. The third-order valence-corrected chi connectivity index (χ3v) is 7.26. The molecule has 0 unspecified atom stereocenters. The molecule has 0 radical (unpaired) electrons. The molecule has 0 aliphatic carbocycles. The predicted octanol–water partition coefficient (Wildman–Crippen LogP) is 1.73. The number of halogens is 3. The van der Waals surface area contributed by atoms with Crippen LogP contribution in [0.1, 0.15) is 15.9 Å². The van der Waals surface area contributed by atoms with Crippen LogP contribution in [0.2, 0.25) is 5.02 Å². The lowest BCUT2D eigenvalue weighted by Crippen LogP contribution is -2.34. The number of sulfonamides is 1. The number of carbonyl (C=O) groups is 1. The minimum atomic E-state index is -4.97. The minimum absolute atomic E-state index is 0.0268. The number of carbonyl (C=O) groups excluding carboxylic acids is 1. The highest BCUT2D eigenvalue weighted by molar-refractivity contribution is 7.89. The summed E-state index contributed by atoms with van der Waals surface area (Å²) in [5.74, 6) is -3.13. The number of hydrazone groups is 1. The topological polar surface area (TPSA) is 135 Å². The van der Waals surface area contributed by atoms with E-state index in [1.165, 1.54) is 38.4 Å². The molecule has 180 valence electrons.